The molecule has 1 heterocycles. The molecule has 3 aromatic carbocycles. The molecule has 0 atom stereocenters. The molecule has 0 amide bonds. The summed E-state index contributed by atoms with van der Waals surface area (Å²) in [4.78, 5) is 25.4. The summed E-state index contributed by atoms with van der Waals surface area (Å²) in [5.41, 5.74) is 3.51. The van der Waals surface area contributed by atoms with Crippen LogP contribution in [0.4, 0.5) is 0 Å². The van der Waals surface area contributed by atoms with Gasteiger partial charge in [-0.2, -0.15) is 0 Å². The Hall–Kier alpha value is -2.69. The quantitative estimate of drug-likeness (QED) is 0.366. The standard InChI is InChI=1S/C23H15BrClNO2/c1-26-21-10-7-16(23(28)14-5-8-18(25)9-6-14)12-20(21)19(13-22(26)27)15-3-2-4-17(24)11-15/h2-13H,1H3. The number of pyridine rings is 1. The molecule has 0 aliphatic heterocycles. The number of hydrogen-bond donors (Lipinski definition) is 0. The lowest BCUT2D eigenvalue weighted by Crippen LogP contribution is -2.16. The summed E-state index contributed by atoms with van der Waals surface area (Å²) in [6.45, 7) is 0. The van der Waals surface area contributed by atoms with Crippen LogP contribution in [0.15, 0.2) is 82.1 Å². The second-order valence-electron chi connectivity index (χ2n) is 6.53. The molecule has 28 heavy (non-hydrogen) atoms. The van der Waals surface area contributed by atoms with E-state index in [-0.39, 0.29) is 11.3 Å². The number of ketones is 1. The lowest BCUT2D eigenvalue weighted by atomic mass is 9.96. The molecule has 0 unspecified atom stereocenters. The highest BCUT2D eigenvalue weighted by Crippen LogP contribution is 2.30. The molecular formula is C23H15BrClNO2. The zero-order valence-corrected chi connectivity index (χ0v) is 17.3. The van der Waals surface area contributed by atoms with Gasteiger partial charge in [-0.25, -0.2) is 0 Å². The summed E-state index contributed by atoms with van der Waals surface area (Å²) in [7, 11) is 1.73. The molecule has 0 bridgehead atoms. The van der Waals surface area contributed by atoms with E-state index in [9.17, 15) is 9.59 Å². The van der Waals surface area contributed by atoms with E-state index in [0.29, 0.717) is 16.1 Å². The molecule has 138 valence electrons. The van der Waals surface area contributed by atoms with Crippen molar-refractivity contribution >= 4 is 44.2 Å². The first-order chi connectivity index (χ1) is 13.4. The van der Waals surface area contributed by atoms with E-state index >= 15 is 0 Å². The highest BCUT2D eigenvalue weighted by molar-refractivity contribution is 9.10. The molecule has 4 rings (SSSR count). The molecule has 1 aromatic heterocycles. The van der Waals surface area contributed by atoms with E-state index in [1.54, 1.807) is 48.0 Å². The maximum atomic E-state index is 12.9. The fourth-order valence-corrected chi connectivity index (χ4v) is 3.79. The normalized spacial score (nSPS) is 11.0. The van der Waals surface area contributed by atoms with Gasteiger partial charge in [-0.1, -0.05) is 39.7 Å². The average Bonchev–Trinajstić information content (AvgIpc) is 2.70. The highest BCUT2D eigenvalue weighted by Gasteiger charge is 2.14. The number of rotatable bonds is 3. The molecule has 0 saturated carbocycles. The second kappa shape index (κ2) is 7.38. The monoisotopic (exact) mass is 451 g/mol. The Labute approximate surface area is 175 Å². The summed E-state index contributed by atoms with van der Waals surface area (Å²) >= 11 is 9.41. The molecular weight excluding hydrogens is 438 g/mol. The molecule has 0 N–H and O–H groups in total. The van der Waals surface area contributed by atoms with E-state index in [2.05, 4.69) is 15.9 Å². The Balaban J connectivity index is 1.94. The molecule has 0 spiro atoms. The molecule has 0 saturated heterocycles. The second-order valence-corrected chi connectivity index (χ2v) is 7.89. The van der Waals surface area contributed by atoms with Gasteiger partial charge in [-0.3, -0.25) is 9.59 Å². The highest BCUT2D eigenvalue weighted by atomic mass is 79.9. The van der Waals surface area contributed by atoms with E-state index in [0.717, 1.165) is 26.5 Å². The maximum absolute atomic E-state index is 12.9. The van der Waals surface area contributed by atoms with Gasteiger partial charge in [0.15, 0.2) is 5.78 Å². The Morgan fingerprint density at radius 1 is 0.929 bits per heavy atom. The Bertz CT molecular complexity index is 1280. The number of fused-ring (bicyclic) bond motifs is 1. The van der Waals surface area contributed by atoms with Crippen molar-refractivity contribution in [2.75, 3.05) is 0 Å². The number of hydrogen-bond acceptors (Lipinski definition) is 2. The Morgan fingerprint density at radius 2 is 1.64 bits per heavy atom. The van der Waals surface area contributed by atoms with E-state index < -0.39 is 0 Å². The SMILES string of the molecule is Cn1c(=O)cc(-c2cccc(Br)c2)c2cc(C(=O)c3ccc(Cl)cc3)ccc21. The predicted molar refractivity (Wildman–Crippen MR) is 117 cm³/mol. The van der Waals surface area contributed by atoms with Crippen LogP contribution in [0.2, 0.25) is 5.02 Å². The minimum atomic E-state index is -0.0979. The Morgan fingerprint density at radius 3 is 2.36 bits per heavy atom. The summed E-state index contributed by atoms with van der Waals surface area (Å²) in [6.07, 6.45) is 0. The first-order valence-corrected chi connectivity index (χ1v) is 9.81. The third-order valence-corrected chi connectivity index (χ3v) is 5.50. The smallest absolute Gasteiger partial charge is 0.251 e. The van der Waals surface area contributed by atoms with Gasteiger partial charge in [0.2, 0.25) is 0 Å². The van der Waals surface area contributed by atoms with Gasteiger partial charge in [-0.05, 0) is 65.7 Å². The van der Waals surface area contributed by atoms with Gasteiger partial charge in [0, 0.05) is 39.1 Å². The topological polar surface area (TPSA) is 39.1 Å². The summed E-state index contributed by atoms with van der Waals surface area (Å²) in [5.74, 6) is -0.0902. The fourth-order valence-electron chi connectivity index (χ4n) is 3.27. The van der Waals surface area contributed by atoms with Crippen LogP contribution in [0.1, 0.15) is 15.9 Å². The summed E-state index contributed by atoms with van der Waals surface area (Å²) in [6, 6.07) is 21.6. The van der Waals surface area contributed by atoms with Gasteiger partial charge in [0.05, 0.1) is 5.52 Å². The van der Waals surface area contributed by atoms with Crippen LogP contribution in [0.5, 0.6) is 0 Å². The molecule has 0 radical (unpaired) electrons. The number of nitrogens with zero attached hydrogens (tertiary/aromatic N) is 1. The van der Waals surface area contributed by atoms with E-state index in [4.69, 9.17) is 11.6 Å². The third-order valence-electron chi connectivity index (χ3n) is 4.75. The number of carbonyl (C=O) groups excluding carboxylic acids is 1. The van der Waals surface area contributed by atoms with Gasteiger partial charge in [0.1, 0.15) is 0 Å². The molecule has 4 aromatic rings. The van der Waals surface area contributed by atoms with Crippen molar-refractivity contribution in [1.29, 1.82) is 0 Å². The molecule has 3 nitrogen and oxygen atoms in total. The summed E-state index contributed by atoms with van der Waals surface area (Å²) < 4.78 is 2.51. The first kappa shape index (κ1) is 18.7. The number of carbonyl (C=O) groups is 1. The van der Waals surface area contributed by atoms with Crippen LogP contribution < -0.4 is 5.56 Å². The first-order valence-electron chi connectivity index (χ1n) is 8.64. The Kier molecular flexibility index (Phi) is 4.92. The average molecular weight is 453 g/mol. The largest absolute Gasteiger partial charge is 0.311 e. The van der Waals surface area contributed by atoms with Crippen molar-refractivity contribution in [2.45, 2.75) is 0 Å². The van der Waals surface area contributed by atoms with Crippen molar-refractivity contribution < 1.29 is 4.79 Å². The van der Waals surface area contributed by atoms with Gasteiger partial charge in [0.25, 0.3) is 5.56 Å². The van der Waals surface area contributed by atoms with Crippen LogP contribution >= 0.6 is 27.5 Å². The van der Waals surface area contributed by atoms with Crippen molar-refractivity contribution in [2.24, 2.45) is 7.05 Å². The molecule has 0 aliphatic carbocycles. The molecule has 0 fully saturated rings. The van der Waals surface area contributed by atoms with Crippen LogP contribution in [0.25, 0.3) is 22.0 Å². The number of benzene rings is 3. The maximum Gasteiger partial charge on any atom is 0.251 e. The van der Waals surface area contributed by atoms with Gasteiger partial charge < -0.3 is 4.57 Å². The van der Waals surface area contributed by atoms with Crippen molar-refractivity contribution in [3.63, 3.8) is 0 Å². The third kappa shape index (κ3) is 3.41. The lowest BCUT2D eigenvalue weighted by Gasteiger charge is -2.12. The van der Waals surface area contributed by atoms with Crippen molar-refractivity contribution in [3.8, 4) is 11.1 Å². The lowest BCUT2D eigenvalue weighted by molar-refractivity contribution is 0.103. The number of halogens is 2. The van der Waals surface area contributed by atoms with Crippen LogP contribution in [0.3, 0.4) is 0 Å². The van der Waals surface area contributed by atoms with E-state index in [1.807, 2.05) is 36.4 Å². The minimum Gasteiger partial charge on any atom is -0.311 e. The van der Waals surface area contributed by atoms with Crippen LogP contribution in [0, 0.1) is 0 Å². The van der Waals surface area contributed by atoms with Crippen LogP contribution in [-0.4, -0.2) is 10.4 Å². The number of aryl methyl sites for hydroxylation is 1. The predicted octanol–water partition coefficient (Wildman–Crippen LogP) is 5.85. The summed E-state index contributed by atoms with van der Waals surface area (Å²) in [5, 5.41) is 1.43. The van der Waals surface area contributed by atoms with E-state index in [1.165, 1.54) is 0 Å². The van der Waals surface area contributed by atoms with Crippen molar-refractivity contribution in [3.05, 3.63) is 104 Å². The number of aromatic nitrogens is 1. The van der Waals surface area contributed by atoms with Crippen molar-refractivity contribution in [1.82, 2.24) is 4.57 Å². The van der Waals surface area contributed by atoms with Crippen LogP contribution in [-0.2, 0) is 7.05 Å². The minimum absolute atomic E-state index is 0.0902. The molecule has 0 aliphatic rings. The van der Waals surface area contributed by atoms with Gasteiger partial charge in [-0.15, -0.1) is 0 Å². The zero-order chi connectivity index (χ0) is 19.8. The molecule has 5 heteroatoms. The van der Waals surface area contributed by atoms with Gasteiger partial charge >= 0.3 is 0 Å². The zero-order valence-electron chi connectivity index (χ0n) is 14.9. The fraction of sp³-hybridized carbons (Fsp3) is 0.0435.